The summed E-state index contributed by atoms with van der Waals surface area (Å²) >= 11 is 9.80. The SMILES string of the molecule is CCCNCc1cc(Br)c(OCc2ccccc2Cl)c(OCC)c1. The Bertz CT molecular complexity index is 664. The quantitative estimate of drug-likeness (QED) is 0.545. The molecule has 0 unspecified atom stereocenters. The van der Waals surface area contributed by atoms with E-state index in [1.54, 1.807) is 0 Å². The van der Waals surface area contributed by atoms with Gasteiger partial charge >= 0.3 is 0 Å². The molecule has 2 aromatic carbocycles. The standard InChI is InChI=1S/C19H23BrClNO2/c1-3-9-22-12-14-10-16(20)19(18(11-14)23-4-2)24-13-15-7-5-6-8-17(15)21/h5-8,10-11,22H,3-4,9,12-13H2,1-2H3. The van der Waals surface area contributed by atoms with Gasteiger partial charge in [-0.15, -0.1) is 0 Å². The molecule has 0 bridgehead atoms. The summed E-state index contributed by atoms with van der Waals surface area (Å²) in [5.74, 6) is 1.45. The minimum Gasteiger partial charge on any atom is -0.490 e. The van der Waals surface area contributed by atoms with Crippen molar-refractivity contribution in [3.63, 3.8) is 0 Å². The Kier molecular flexibility index (Phi) is 7.89. The van der Waals surface area contributed by atoms with Crippen molar-refractivity contribution in [3.05, 3.63) is 57.0 Å². The molecule has 0 heterocycles. The van der Waals surface area contributed by atoms with Gasteiger partial charge < -0.3 is 14.8 Å². The molecule has 0 atom stereocenters. The van der Waals surface area contributed by atoms with Crippen molar-refractivity contribution in [2.24, 2.45) is 0 Å². The van der Waals surface area contributed by atoms with Crippen molar-refractivity contribution >= 4 is 27.5 Å². The van der Waals surface area contributed by atoms with Crippen LogP contribution in [0.2, 0.25) is 5.02 Å². The maximum Gasteiger partial charge on any atom is 0.175 e. The number of hydrogen-bond donors (Lipinski definition) is 1. The first-order chi connectivity index (χ1) is 11.7. The third-order valence-corrected chi connectivity index (χ3v) is 4.41. The first kappa shape index (κ1) is 19.1. The highest BCUT2D eigenvalue weighted by atomic mass is 79.9. The summed E-state index contributed by atoms with van der Waals surface area (Å²) in [5, 5.41) is 4.10. The Hall–Kier alpha value is -1.23. The predicted molar refractivity (Wildman–Crippen MR) is 103 cm³/mol. The van der Waals surface area contributed by atoms with Gasteiger partial charge in [-0.1, -0.05) is 36.7 Å². The molecular formula is C19H23BrClNO2. The molecule has 0 amide bonds. The lowest BCUT2D eigenvalue weighted by atomic mass is 10.2. The molecule has 0 fully saturated rings. The van der Waals surface area contributed by atoms with Crippen molar-refractivity contribution in [2.75, 3.05) is 13.2 Å². The summed E-state index contributed by atoms with van der Waals surface area (Å²) in [5.41, 5.74) is 2.10. The maximum absolute atomic E-state index is 6.20. The molecule has 0 saturated heterocycles. The average molecular weight is 413 g/mol. The highest BCUT2D eigenvalue weighted by molar-refractivity contribution is 9.10. The largest absolute Gasteiger partial charge is 0.490 e. The summed E-state index contributed by atoms with van der Waals surface area (Å²) in [6.45, 7) is 6.89. The number of ether oxygens (including phenoxy) is 2. The van der Waals surface area contributed by atoms with Gasteiger partial charge in [0, 0.05) is 17.1 Å². The normalized spacial score (nSPS) is 10.7. The van der Waals surface area contributed by atoms with Crippen LogP contribution in [0.4, 0.5) is 0 Å². The van der Waals surface area contributed by atoms with Gasteiger partial charge in [-0.3, -0.25) is 0 Å². The van der Waals surface area contributed by atoms with Gasteiger partial charge in [0.2, 0.25) is 0 Å². The Morgan fingerprint density at radius 3 is 2.62 bits per heavy atom. The number of hydrogen-bond acceptors (Lipinski definition) is 3. The summed E-state index contributed by atoms with van der Waals surface area (Å²) in [6, 6.07) is 11.8. The lowest BCUT2D eigenvalue weighted by molar-refractivity contribution is 0.267. The first-order valence-corrected chi connectivity index (χ1v) is 9.35. The molecule has 0 aliphatic rings. The zero-order valence-corrected chi connectivity index (χ0v) is 16.4. The predicted octanol–water partition coefficient (Wildman–Crippen LogP) is 5.58. The zero-order valence-electron chi connectivity index (χ0n) is 14.1. The number of nitrogens with one attached hydrogen (secondary N) is 1. The van der Waals surface area contributed by atoms with Gasteiger partial charge in [-0.05, 0) is 59.6 Å². The van der Waals surface area contributed by atoms with Crippen LogP contribution in [0.15, 0.2) is 40.9 Å². The number of halogens is 2. The second-order valence-electron chi connectivity index (χ2n) is 5.39. The second kappa shape index (κ2) is 9.92. The lowest BCUT2D eigenvalue weighted by Gasteiger charge is -2.16. The van der Waals surface area contributed by atoms with Crippen molar-refractivity contribution < 1.29 is 9.47 Å². The monoisotopic (exact) mass is 411 g/mol. The van der Waals surface area contributed by atoms with Gasteiger partial charge in [-0.2, -0.15) is 0 Å². The van der Waals surface area contributed by atoms with Crippen molar-refractivity contribution in [1.29, 1.82) is 0 Å². The highest BCUT2D eigenvalue weighted by Gasteiger charge is 2.13. The second-order valence-corrected chi connectivity index (χ2v) is 6.66. The Labute approximate surface area is 157 Å². The van der Waals surface area contributed by atoms with Crippen LogP contribution in [-0.2, 0) is 13.2 Å². The van der Waals surface area contributed by atoms with E-state index >= 15 is 0 Å². The summed E-state index contributed by atoms with van der Waals surface area (Å²) in [6.07, 6.45) is 1.11. The molecule has 0 spiro atoms. The molecule has 2 rings (SSSR count). The van der Waals surface area contributed by atoms with Gasteiger partial charge in [0.05, 0.1) is 11.1 Å². The third-order valence-electron chi connectivity index (χ3n) is 3.45. The fourth-order valence-electron chi connectivity index (χ4n) is 2.30. The van der Waals surface area contributed by atoms with Crippen LogP contribution in [0.1, 0.15) is 31.4 Å². The Morgan fingerprint density at radius 1 is 1.12 bits per heavy atom. The Morgan fingerprint density at radius 2 is 1.92 bits per heavy atom. The minimum atomic E-state index is 0.395. The molecule has 2 aromatic rings. The van der Waals surface area contributed by atoms with Gasteiger partial charge in [-0.25, -0.2) is 0 Å². The van der Waals surface area contributed by atoms with E-state index in [1.165, 1.54) is 0 Å². The lowest BCUT2D eigenvalue weighted by Crippen LogP contribution is -2.14. The van der Waals surface area contributed by atoms with E-state index in [4.69, 9.17) is 21.1 Å². The molecule has 0 aromatic heterocycles. The van der Waals surface area contributed by atoms with Gasteiger partial charge in [0.25, 0.3) is 0 Å². The zero-order chi connectivity index (χ0) is 17.4. The number of benzene rings is 2. The fourth-order valence-corrected chi connectivity index (χ4v) is 3.10. The van der Waals surface area contributed by atoms with E-state index < -0.39 is 0 Å². The first-order valence-electron chi connectivity index (χ1n) is 8.17. The maximum atomic E-state index is 6.20. The van der Waals surface area contributed by atoms with Crippen LogP contribution in [0, 0.1) is 0 Å². The molecule has 3 nitrogen and oxygen atoms in total. The van der Waals surface area contributed by atoms with E-state index in [0.717, 1.165) is 40.9 Å². The van der Waals surface area contributed by atoms with Gasteiger partial charge in [0.15, 0.2) is 11.5 Å². The van der Waals surface area contributed by atoms with Crippen LogP contribution >= 0.6 is 27.5 Å². The molecule has 0 aliphatic heterocycles. The van der Waals surface area contributed by atoms with Crippen LogP contribution in [0.3, 0.4) is 0 Å². The van der Waals surface area contributed by atoms with Crippen molar-refractivity contribution in [3.8, 4) is 11.5 Å². The molecule has 0 saturated carbocycles. The van der Waals surface area contributed by atoms with Gasteiger partial charge in [0.1, 0.15) is 6.61 Å². The molecule has 130 valence electrons. The molecule has 5 heteroatoms. The van der Waals surface area contributed by atoms with Crippen molar-refractivity contribution in [2.45, 2.75) is 33.4 Å². The van der Waals surface area contributed by atoms with Crippen LogP contribution < -0.4 is 14.8 Å². The minimum absolute atomic E-state index is 0.395. The van der Waals surface area contributed by atoms with Crippen LogP contribution in [0.5, 0.6) is 11.5 Å². The van der Waals surface area contributed by atoms with E-state index in [-0.39, 0.29) is 0 Å². The van der Waals surface area contributed by atoms with Crippen LogP contribution in [0.25, 0.3) is 0 Å². The van der Waals surface area contributed by atoms with E-state index in [2.05, 4.69) is 34.2 Å². The Balaban J connectivity index is 2.16. The fraction of sp³-hybridized carbons (Fsp3) is 0.368. The molecule has 1 N–H and O–H groups in total. The highest BCUT2D eigenvalue weighted by Crippen LogP contribution is 2.37. The molecule has 0 aliphatic carbocycles. The molecular weight excluding hydrogens is 390 g/mol. The van der Waals surface area contributed by atoms with E-state index in [9.17, 15) is 0 Å². The van der Waals surface area contributed by atoms with E-state index in [1.807, 2.05) is 37.3 Å². The smallest absolute Gasteiger partial charge is 0.175 e. The average Bonchev–Trinajstić information content (AvgIpc) is 2.56. The number of rotatable bonds is 9. The third kappa shape index (κ3) is 5.40. The van der Waals surface area contributed by atoms with Crippen LogP contribution in [-0.4, -0.2) is 13.2 Å². The topological polar surface area (TPSA) is 30.5 Å². The molecule has 24 heavy (non-hydrogen) atoms. The summed E-state index contributed by atoms with van der Waals surface area (Å²) in [7, 11) is 0. The van der Waals surface area contributed by atoms with Crippen molar-refractivity contribution in [1.82, 2.24) is 5.32 Å². The summed E-state index contributed by atoms with van der Waals surface area (Å²) < 4.78 is 12.6. The van der Waals surface area contributed by atoms with E-state index in [0.29, 0.717) is 24.0 Å². The molecule has 0 radical (unpaired) electrons. The summed E-state index contributed by atoms with van der Waals surface area (Å²) in [4.78, 5) is 0.